The molecule has 1 saturated carbocycles. The Morgan fingerprint density at radius 3 is 2.44 bits per heavy atom. The van der Waals surface area contributed by atoms with Crippen LogP contribution >= 0.6 is 0 Å². The van der Waals surface area contributed by atoms with Crippen LogP contribution in [0.4, 0.5) is 38.1 Å². The largest absolute Gasteiger partial charge is 0.485 e. The summed E-state index contributed by atoms with van der Waals surface area (Å²) in [5.74, 6) is -0.756. The van der Waals surface area contributed by atoms with Crippen molar-refractivity contribution in [1.29, 1.82) is 0 Å². The molecule has 1 fully saturated rings. The molecular formula is C23H28F5N5O8S2. The van der Waals surface area contributed by atoms with Crippen LogP contribution in [0.5, 0.6) is 11.6 Å². The fourth-order valence-electron chi connectivity index (χ4n) is 3.85. The lowest BCUT2D eigenvalue weighted by Gasteiger charge is -2.35. The van der Waals surface area contributed by atoms with Crippen LogP contribution in [0.25, 0.3) is 0 Å². The van der Waals surface area contributed by atoms with Crippen LogP contribution in [0.15, 0.2) is 29.3 Å². The summed E-state index contributed by atoms with van der Waals surface area (Å²) in [6.07, 6.45) is -6.00. The molecule has 2 heterocycles. The van der Waals surface area contributed by atoms with Gasteiger partial charge in [0.15, 0.2) is 4.90 Å². The fraction of sp³-hybridized carbons (Fsp3) is 0.565. The Balaban J connectivity index is 1.70. The summed E-state index contributed by atoms with van der Waals surface area (Å²) in [6.45, 7) is -1.49. The average molecular weight is 662 g/mol. The fourth-order valence-corrected chi connectivity index (χ4v) is 6.83. The number of sulfonamides is 2. The van der Waals surface area contributed by atoms with E-state index < -0.39 is 73.1 Å². The van der Waals surface area contributed by atoms with Crippen molar-refractivity contribution in [3.05, 3.63) is 24.4 Å². The van der Waals surface area contributed by atoms with Crippen LogP contribution in [0, 0.1) is 0 Å². The molecule has 1 aromatic carbocycles. The zero-order chi connectivity index (χ0) is 32.0. The van der Waals surface area contributed by atoms with Crippen molar-refractivity contribution < 1.29 is 57.8 Å². The highest BCUT2D eigenvalue weighted by Gasteiger charge is 2.51. The molecule has 13 nitrogen and oxygen atoms in total. The summed E-state index contributed by atoms with van der Waals surface area (Å²) < 4.78 is 137. The Bertz CT molecular complexity index is 1580. The molecule has 2 aliphatic rings. The van der Waals surface area contributed by atoms with Gasteiger partial charge in [-0.15, -0.1) is 5.10 Å². The molecule has 43 heavy (non-hydrogen) atoms. The number of carbonyl (C=O) groups is 1. The lowest BCUT2D eigenvalue weighted by Crippen LogP contribution is -2.48. The van der Waals surface area contributed by atoms with Gasteiger partial charge in [0.25, 0.3) is 15.9 Å². The highest BCUT2D eigenvalue weighted by atomic mass is 32.2. The highest BCUT2D eigenvalue weighted by molar-refractivity contribution is 7.93. The minimum atomic E-state index is -4.89. The van der Waals surface area contributed by atoms with Crippen molar-refractivity contribution in [2.75, 3.05) is 29.3 Å². The van der Waals surface area contributed by atoms with Gasteiger partial charge in [0.2, 0.25) is 15.6 Å². The maximum Gasteiger partial charge on any atom is 0.427 e. The summed E-state index contributed by atoms with van der Waals surface area (Å²) in [6, 6.07) is 3.43. The van der Waals surface area contributed by atoms with Crippen molar-refractivity contribution in [3.8, 4) is 11.6 Å². The number of alkyl halides is 5. The third kappa shape index (κ3) is 7.06. The summed E-state index contributed by atoms with van der Waals surface area (Å²) in [5, 5.41) is 5.00. The number of rotatable bonds is 11. The molecule has 0 bridgehead atoms. The first-order valence-corrected chi connectivity index (χ1v) is 15.7. The van der Waals surface area contributed by atoms with E-state index in [9.17, 15) is 43.6 Å². The molecule has 0 spiro atoms. The number of amides is 1. The Kier molecular flexibility index (Phi) is 8.77. The van der Waals surface area contributed by atoms with E-state index in [0.29, 0.717) is 37.2 Å². The molecule has 1 atom stereocenters. The summed E-state index contributed by atoms with van der Waals surface area (Å²) in [4.78, 5) is 11.5. The normalized spacial score (nSPS) is 17.8. The number of carbonyl (C=O) groups excluding carboxylic acids is 1. The van der Waals surface area contributed by atoms with E-state index in [1.165, 1.54) is 19.1 Å². The molecule has 0 radical (unpaired) electrons. The molecule has 2 aromatic rings. The van der Waals surface area contributed by atoms with E-state index in [2.05, 4.69) is 19.9 Å². The molecule has 240 valence electrons. The molecule has 1 aromatic heterocycles. The predicted octanol–water partition coefficient (Wildman–Crippen LogP) is 3.60. The molecule has 1 amide bonds. The van der Waals surface area contributed by atoms with E-state index in [4.69, 9.17) is 9.47 Å². The van der Waals surface area contributed by atoms with Crippen LogP contribution in [0.1, 0.15) is 40.2 Å². The minimum Gasteiger partial charge on any atom is -0.485 e. The smallest absolute Gasteiger partial charge is 0.427 e. The average Bonchev–Trinajstić information content (AvgIpc) is 3.67. The van der Waals surface area contributed by atoms with Crippen LogP contribution in [0.2, 0.25) is 0 Å². The number of ether oxygens (including phenoxy) is 3. The molecular weight excluding hydrogens is 633 g/mol. The van der Waals surface area contributed by atoms with Gasteiger partial charge >= 0.3 is 18.8 Å². The first-order chi connectivity index (χ1) is 19.9. The van der Waals surface area contributed by atoms with Gasteiger partial charge in [-0.2, -0.15) is 22.0 Å². The molecule has 1 aliphatic carbocycles. The Morgan fingerprint density at radius 1 is 1.19 bits per heavy atom. The molecule has 0 saturated heterocycles. The number of aromatic nitrogens is 2. The van der Waals surface area contributed by atoms with Gasteiger partial charge in [0.05, 0.1) is 30.3 Å². The zero-order valence-corrected chi connectivity index (χ0v) is 24.5. The quantitative estimate of drug-likeness (QED) is 0.343. The minimum absolute atomic E-state index is 0.0802. The lowest BCUT2D eigenvalue weighted by molar-refractivity contribution is -0.242. The first kappa shape index (κ1) is 32.5. The number of nitrogens with one attached hydrogen (secondary N) is 2. The van der Waals surface area contributed by atoms with E-state index >= 15 is 0 Å². The van der Waals surface area contributed by atoms with Crippen molar-refractivity contribution in [3.63, 3.8) is 0 Å². The molecule has 20 heteroatoms. The van der Waals surface area contributed by atoms with Gasteiger partial charge in [-0.05, 0) is 51.8 Å². The van der Waals surface area contributed by atoms with Crippen LogP contribution in [-0.4, -0.2) is 75.5 Å². The van der Waals surface area contributed by atoms with E-state index in [1.54, 1.807) is 0 Å². The number of hydrogen-bond donors (Lipinski definition) is 2. The van der Waals surface area contributed by atoms with E-state index in [0.717, 1.165) is 6.07 Å². The van der Waals surface area contributed by atoms with Gasteiger partial charge < -0.3 is 14.2 Å². The van der Waals surface area contributed by atoms with Crippen LogP contribution in [-0.2, 0) is 24.8 Å². The van der Waals surface area contributed by atoms with Crippen molar-refractivity contribution in [2.24, 2.45) is 0 Å². The standard InChI is InChI=1S/C23H28F5N5O8S2/c1-4-39-19-18(12-32(31-19)20(24)25)43(37,38)33-11-14(10-29-42(35,36)15-6-7-15)40-17-8-5-13(9-16(17)33)30-21(34)41-22(2,3)23(26,27)28/h5,8-9,12,14-15,20,29H,4,6-7,10-11H2,1-3H3,(H,30,34). The number of benzene rings is 1. The van der Waals surface area contributed by atoms with E-state index in [1.807, 2.05) is 0 Å². The topological polar surface area (TPSA) is 158 Å². The molecule has 1 unspecified atom stereocenters. The third-order valence-corrected chi connectivity index (χ3v) is 10.0. The Labute approximate surface area is 243 Å². The van der Waals surface area contributed by atoms with Crippen molar-refractivity contribution in [1.82, 2.24) is 14.5 Å². The van der Waals surface area contributed by atoms with Gasteiger partial charge in [0, 0.05) is 12.2 Å². The predicted molar refractivity (Wildman–Crippen MR) is 140 cm³/mol. The Hall–Kier alpha value is -3.39. The zero-order valence-electron chi connectivity index (χ0n) is 22.9. The van der Waals surface area contributed by atoms with E-state index in [-0.39, 0.29) is 35.0 Å². The van der Waals surface area contributed by atoms with Gasteiger partial charge in [-0.3, -0.25) is 9.62 Å². The van der Waals surface area contributed by atoms with Gasteiger partial charge in [0.1, 0.15) is 11.9 Å². The molecule has 4 rings (SSSR count). The maximum atomic E-state index is 13.9. The number of fused-ring (bicyclic) bond motifs is 1. The third-order valence-electron chi connectivity index (χ3n) is 6.36. The van der Waals surface area contributed by atoms with Crippen molar-refractivity contribution in [2.45, 2.75) is 68.2 Å². The highest BCUT2D eigenvalue weighted by Crippen LogP contribution is 2.41. The second-order valence-corrected chi connectivity index (χ2v) is 13.9. The first-order valence-electron chi connectivity index (χ1n) is 12.7. The maximum absolute atomic E-state index is 13.9. The van der Waals surface area contributed by atoms with Crippen LogP contribution in [0.3, 0.4) is 0 Å². The molecule has 1 aliphatic heterocycles. The monoisotopic (exact) mass is 661 g/mol. The molecule has 2 N–H and O–H groups in total. The van der Waals surface area contributed by atoms with Crippen molar-refractivity contribution >= 4 is 37.5 Å². The number of anilines is 2. The SMILES string of the molecule is CCOc1nn(C(F)F)cc1S(=O)(=O)N1CC(CNS(=O)(=O)C2CC2)Oc2ccc(NC(=O)OC(C)(C)C(F)(F)F)cc21. The Morgan fingerprint density at radius 2 is 1.86 bits per heavy atom. The number of halogens is 5. The van der Waals surface area contributed by atoms with Gasteiger partial charge in [-0.25, -0.2) is 31.0 Å². The van der Waals surface area contributed by atoms with Crippen LogP contribution < -0.4 is 23.8 Å². The number of nitrogens with zero attached hydrogens (tertiary/aromatic N) is 3. The summed E-state index contributed by atoms with van der Waals surface area (Å²) in [7, 11) is -8.47. The summed E-state index contributed by atoms with van der Waals surface area (Å²) in [5.41, 5.74) is -3.31. The second-order valence-electron chi connectivity index (χ2n) is 10.1. The lowest BCUT2D eigenvalue weighted by atomic mass is 10.1. The number of hydrogen-bond acceptors (Lipinski definition) is 9. The van der Waals surface area contributed by atoms with Gasteiger partial charge in [-0.1, -0.05) is 0 Å². The second kappa shape index (κ2) is 11.6. The summed E-state index contributed by atoms with van der Waals surface area (Å²) >= 11 is 0.